The van der Waals surface area contributed by atoms with Gasteiger partial charge in [0.2, 0.25) is 10.0 Å². The van der Waals surface area contributed by atoms with Gasteiger partial charge in [0.25, 0.3) is 0 Å². The van der Waals surface area contributed by atoms with Crippen LogP contribution in [0.2, 0.25) is 0 Å². The number of rotatable bonds is 2. The monoisotopic (exact) mass is 335 g/mol. The molecule has 0 aliphatic carbocycles. The second kappa shape index (κ2) is 6.20. The molecule has 1 fully saturated rings. The molecule has 0 aromatic heterocycles. The summed E-state index contributed by atoms with van der Waals surface area (Å²) >= 11 is 5.08. The van der Waals surface area contributed by atoms with E-state index in [2.05, 4.69) is 5.32 Å². The molecule has 116 valence electrons. The molecule has 0 radical (unpaired) electrons. The van der Waals surface area contributed by atoms with E-state index in [1.807, 2.05) is 4.90 Å². The van der Waals surface area contributed by atoms with E-state index < -0.39 is 26.6 Å². The first-order valence-corrected chi connectivity index (χ1v) is 8.13. The van der Waals surface area contributed by atoms with Crippen molar-refractivity contribution in [3.63, 3.8) is 0 Å². The van der Waals surface area contributed by atoms with E-state index in [0.29, 0.717) is 24.3 Å². The predicted octanol–water partition coefficient (Wildman–Crippen LogP) is 0.775. The molecule has 0 saturated carbocycles. The fourth-order valence-corrected chi connectivity index (χ4v) is 3.76. The molecule has 1 saturated heterocycles. The molecule has 0 amide bonds. The third kappa shape index (κ3) is 3.30. The Morgan fingerprint density at radius 3 is 2.38 bits per heavy atom. The third-order valence-corrected chi connectivity index (χ3v) is 5.65. The lowest BCUT2D eigenvalue weighted by Crippen LogP contribution is -2.52. The molecule has 1 aromatic carbocycles. The van der Waals surface area contributed by atoms with E-state index in [9.17, 15) is 17.2 Å². The van der Waals surface area contributed by atoms with Gasteiger partial charge in [0.1, 0.15) is 16.5 Å². The molecule has 0 bridgehead atoms. The van der Waals surface area contributed by atoms with Crippen molar-refractivity contribution < 1.29 is 17.2 Å². The molecular formula is C12H15F2N3O2S2. The van der Waals surface area contributed by atoms with Crippen molar-refractivity contribution in [2.24, 2.45) is 0 Å². The SMILES string of the molecule is CNC(=S)N1CCN(S(=O)(=O)c2ccc(F)cc2F)CC1. The lowest BCUT2D eigenvalue weighted by molar-refractivity contribution is 0.264. The second-order valence-corrected chi connectivity index (χ2v) is 6.81. The number of hydrogen-bond donors (Lipinski definition) is 1. The number of benzene rings is 1. The molecule has 2 rings (SSSR count). The van der Waals surface area contributed by atoms with E-state index in [4.69, 9.17) is 12.2 Å². The highest BCUT2D eigenvalue weighted by atomic mass is 32.2. The van der Waals surface area contributed by atoms with E-state index in [-0.39, 0.29) is 13.1 Å². The molecule has 9 heteroatoms. The van der Waals surface area contributed by atoms with Crippen molar-refractivity contribution in [1.29, 1.82) is 0 Å². The summed E-state index contributed by atoms with van der Waals surface area (Å²) in [5, 5.41) is 3.36. The minimum atomic E-state index is -3.96. The second-order valence-electron chi connectivity index (χ2n) is 4.52. The van der Waals surface area contributed by atoms with Crippen LogP contribution < -0.4 is 5.32 Å². The van der Waals surface area contributed by atoms with Crippen molar-refractivity contribution in [2.75, 3.05) is 33.2 Å². The first-order valence-electron chi connectivity index (χ1n) is 6.28. The molecule has 1 heterocycles. The summed E-state index contributed by atoms with van der Waals surface area (Å²) in [6.45, 7) is 1.23. The molecule has 21 heavy (non-hydrogen) atoms. The van der Waals surface area contributed by atoms with Gasteiger partial charge in [-0.2, -0.15) is 4.31 Å². The number of nitrogens with zero attached hydrogens (tertiary/aromatic N) is 2. The number of nitrogens with one attached hydrogen (secondary N) is 1. The Labute approximate surface area is 127 Å². The summed E-state index contributed by atoms with van der Waals surface area (Å²) in [5.74, 6) is -1.89. The van der Waals surface area contributed by atoms with Crippen molar-refractivity contribution in [2.45, 2.75) is 4.90 Å². The summed E-state index contributed by atoms with van der Waals surface area (Å²) in [6, 6.07) is 2.45. The average Bonchev–Trinajstić information content (AvgIpc) is 2.46. The Bertz CT molecular complexity index is 644. The molecule has 0 unspecified atom stereocenters. The lowest BCUT2D eigenvalue weighted by Gasteiger charge is -2.35. The topological polar surface area (TPSA) is 52.6 Å². The summed E-state index contributed by atoms with van der Waals surface area (Å²) < 4.78 is 52.5. The van der Waals surface area contributed by atoms with Gasteiger partial charge in [0.15, 0.2) is 5.11 Å². The van der Waals surface area contributed by atoms with Crippen LogP contribution in [0.25, 0.3) is 0 Å². The van der Waals surface area contributed by atoms with Crippen LogP contribution in [0.5, 0.6) is 0 Å². The summed E-state index contributed by atoms with van der Waals surface area (Å²) in [6.07, 6.45) is 0. The van der Waals surface area contributed by atoms with E-state index in [1.165, 1.54) is 4.31 Å². The van der Waals surface area contributed by atoms with Crippen LogP contribution in [-0.2, 0) is 10.0 Å². The molecule has 1 aliphatic heterocycles. The molecule has 0 spiro atoms. The van der Waals surface area contributed by atoms with Crippen LogP contribution in [0.4, 0.5) is 8.78 Å². The molecule has 1 aliphatic rings. The van der Waals surface area contributed by atoms with Gasteiger partial charge >= 0.3 is 0 Å². The largest absolute Gasteiger partial charge is 0.366 e. The fourth-order valence-electron chi connectivity index (χ4n) is 2.11. The standard InChI is InChI=1S/C12H15F2N3O2S2/c1-15-12(20)16-4-6-17(7-5-16)21(18,19)11-3-2-9(13)8-10(11)14/h2-3,8H,4-7H2,1H3,(H,15,20). The Balaban J connectivity index is 2.17. The maximum absolute atomic E-state index is 13.7. The Morgan fingerprint density at radius 2 is 1.86 bits per heavy atom. The van der Waals surface area contributed by atoms with Gasteiger partial charge in [-0.1, -0.05) is 0 Å². The van der Waals surface area contributed by atoms with Gasteiger partial charge in [-0.05, 0) is 24.4 Å². The van der Waals surface area contributed by atoms with E-state index >= 15 is 0 Å². The van der Waals surface area contributed by atoms with Gasteiger partial charge in [-0.15, -0.1) is 0 Å². The number of sulfonamides is 1. The van der Waals surface area contributed by atoms with Crippen LogP contribution in [-0.4, -0.2) is 56.0 Å². The fraction of sp³-hybridized carbons (Fsp3) is 0.417. The minimum Gasteiger partial charge on any atom is -0.366 e. The quantitative estimate of drug-likeness (QED) is 0.810. The van der Waals surface area contributed by atoms with Gasteiger partial charge in [0, 0.05) is 39.3 Å². The molecular weight excluding hydrogens is 320 g/mol. The smallest absolute Gasteiger partial charge is 0.246 e. The van der Waals surface area contributed by atoms with Crippen molar-refractivity contribution in [3.05, 3.63) is 29.8 Å². The zero-order valence-corrected chi connectivity index (χ0v) is 13.0. The first-order chi connectivity index (χ1) is 9.86. The van der Waals surface area contributed by atoms with Crippen LogP contribution in [0.15, 0.2) is 23.1 Å². The van der Waals surface area contributed by atoms with Gasteiger partial charge in [-0.3, -0.25) is 0 Å². The highest BCUT2D eigenvalue weighted by molar-refractivity contribution is 7.89. The maximum atomic E-state index is 13.7. The van der Waals surface area contributed by atoms with Crippen LogP contribution in [0.3, 0.4) is 0 Å². The molecule has 5 nitrogen and oxygen atoms in total. The molecule has 1 N–H and O–H groups in total. The van der Waals surface area contributed by atoms with Crippen LogP contribution in [0, 0.1) is 11.6 Å². The summed E-state index contributed by atoms with van der Waals surface area (Å²) in [4.78, 5) is 1.33. The Kier molecular flexibility index (Phi) is 4.74. The van der Waals surface area contributed by atoms with Crippen molar-refractivity contribution in [3.8, 4) is 0 Å². The first kappa shape index (κ1) is 16.1. The van der Waals surface area contributed by atoms with Crippen molar-refractivity contribution >= 4 is 27.4 Å². The highest BCUT2D eigenvalue weighted by Crippen LogP contribution is 2.21. The van der Waals surface area contributed by atoms with Crippen LogP contribution >= 0.6 is 12.2 Å². The maximum Gasteiger partial charge on any atom is 0.246 e. The Hall–Kier alpha value is -1.32. The van der Waals surface area contributed by atoms with Crippen molar-refractivity contribution in [1.82, 2.24) is 14.5 Å². The summed E-state index contributed by atoms with van der Waals surface area (Å²) in [7, 11) is -2.27. The zero-order valence-electron chi connectivity index (χ0n) is 11.3. The minimum absolute atomic E-state index is 0.195. The third-order valence-electron chi connectivity index (χ3n) is 3.25. The predicted molar refractivity (Wildman–Crippen MR) is 78.3 cm³/mol. The highest BCUT2D eigenvalue weighted by Gasteiger charge is 2.31. The average molecular weight is 335 g/mol. The molecule has 1 aromatic rings. The number of halogens is 2. The van der Waals surface area contributed by atoms with Gasteiger partial charge in [-0.25, -0.2) is 17.2 Å². The number of hydrogen-bond acceptors (Lipinski definition) is 3. The summed E-state index contributed by atoms with van der Waals surface area (Å²) in [5.41, 5.74) is 0. The normalized spacial score (nSPS) is 16.8. The van der Waals surface area contributed by atoms with Gasteiger partial charge in [0.05, 0.1) is 0 Å². The number of thiocarbonyl (C=S) groups is 1. The van der Waals surface area contributed by atoms with Crippen LogP contribution in [0.1, 0.15) is 0 Å². The van der Waals surface area contributed by atoms with E-state index in [1.54, 1.807) is 7.05 Å². The van der Waals surface area contributed by atoms with Gasteiger partial charge < -0.3 is 10.2 Å². The zero-order chi connectivity index (χ0) is 15.6. The van der Waals surface area contributed by atoms with E-state index in [0.717, 1.165) is 12.1 Å². The lowest BCUT2D eigenvalue weighted by atomic mass is 10.3. The molecule has 0 atom stereocenters. The number of piperazine rings is 1. The Morgan fingerprint density at radius 1 is 1.24 bits per heavy atom.